The minimum atomic E-state index is 0.0151. The van der Waals surface area contributed by atoms with Crippen molar-refractivity contribution in [3.05, 3.63) is 101 Å². The second-order valence-electron chi connectivity index (χ2n) is 8.27. The molecule has 3 aromatic rings. The van der Waals surface area contributed by atoms with E-state index in [1.54, 1.807) is 0 Å². The van der Waals surface area contributed by atoms with Crippen LogP contribution in [0, 0.1) is 0 Å². The van der Waals surface area contributed by atoms with E-state index >= 15 is 0 Å². The fourth-order valence-corrected chi connectivity index (χ4v) is 3.91. The van der Waals surface area contributed by atoms with Gasteiger partial charge >= 0.3 is 0 Å². The summed E-state index contributed by atoms with van der Waals surface area (Å²) in [6.45, 7) is 7.47. The normalized spacial score (nSPS) is 14.6. The summed E-state index contributed by atoms with van der Waals surface area (Å²) in [5.74, 6) is 0. The molecule has 0 bridgehead atoms. The molecule has 0 fully saturated rings. The molecule has 0 saturated carbocycles. The van der Waals surface area contributed by atoms with Crippen LogP contribution in [0.25, 0.3) is 5.57 Å². The van der Waals surface area contributed by atoms with Crippen LogP contribution in [0.4, 0.5) is 11.4 Å². The quantitative estimate of drug-likeness (QED) is 0.537. The summed E-state index contributed by atoms with van der Waals surface area (Å²) < 4.78 is 0. The largest absolute Gasteiger partial charge is 0.381 e. The fraction of sp³-hybridized carbons (Fsp3) is 0.231. The summed E-state index contributed by atoms with van der Waals surface area (Å²) in [6, 6.07) is 26.1. The van der Waals surface area contributed by atoms with Crippen LogP contribution in [0.15, 0.2) is 78.9 Å². The number of allylic oxidation sites excluding steroid dienone is 1. The molecule has 0 aromatic heterocycles. The van der Waals surface area contributed by atoms with Gasteiger partial charge in [0.1, 0.15) is 0 Å². The van der Waals surface area contributed by atoms with Gasteiger partial charge in [-0.2, -0.15) is 0 Å². The zero-order valence-electron chi connectivity index (χ0n) is 16.9. The third kappa shape index (κ3) is 4.28. The molecule has 0 spiro atoms. The SMILES string of the molecule is CC1=CC(C)(C)Nc2ccc(Cc3ccc(NCc4ccccc4)cc3)cc21. The molecule has 0 unspecified atom stereocenters. The first kappa shape index (κ1) is 18.4. The van der Waals surface area contributed by atoms with E-state index in [0.717, 1.165) is 18.7 Å². The van der Waals surface area contributed by atoms with Crippen molar-refractivity contribution in [2.24, 2.45) is 0 Å². The molecule has 4 rings (SSSR count). The Morgan fingerprint density at radius 3 is 2.29 bits per heavy atom. The molecular weight excluding hydrogens is 340 g/mol. The van der Waals surface area contributed by atoms with Crippen molar-refractivity contribution < 1.29 is 0 Å². The number of rotatable bonds is 5. The second kappa shape index (κ2) is 7.55. The van der Waals surface area contributed by atoms with Crippen LogP contribution in [0.5, 0.6) is 0 Å². The van der Waals surface area contributed by atoms with Crippen molar-refractivity contribution in [1.29, 1.82) is 0 Å². The molecule has 1 aliphatic heterocycles. The third-order valence-corrected chi connectivity index (χ3v) is 5.24. The van der Waals surface area contributed by atoms with Crippen molar-refractivity contribution >= 4 is 16.9 Å². The lowest BCUT2D eigenvalue weighted by Gasteiger charge is -2.31. The summed E-state index contributed by atoms with van der Waals surface area (Å²) in [5, 5.41) is 7.10. The van der Waals surface area contributed by atoms with E-state index in [1.807, 2.05) is 6.07 Å². The Morgan fingerprint density at radius 1 is 0.821 bits per heavy atom. The van der Waals surface area contributed by atoms with Gasteiger partial charge in [-0.05, 0) is 73.7 Å². The van der Waals surface area contributed by atoms with E-state index in [9.17, 15) is 0 Å². The first-order valence-electron chi connectivity index (χ1n) is 9.96. The van der Waals surface area contributed by atoms with Crippen molar-refractivity contribution in [3.8, 4) is 0 Å². The molecule has 0 saturated heterocycles. The van der Waals surface area contributed by atoms with Crippen molar-refractivity contribution in [1.82, 2.24) is 0 Å². The van der Waals surface area contributed by atoms with Crippen LogP contribution in [0.3, 0.4) is 0 Å². The lowest BCUT2D eigenvalue weighted by Crippen LogP contribution is -2.31. The molecule has 0 atom stereocenters. The highest BCUT2D eigenvalue weighted by molar-refractivity contribution is 5.80. The van der Waals surface area contributed by atoms with Crippen LogP contribution in [-0.2, 0) is 13.0 Å². The van der Waals surface area contributed by atoms with E-state index in [1.165, 1.54) is 33.5 Å². The van der Waals surface area contributed by atoms with E-state index < -0.39 is 0 Å². The Hall–Kier alpha value is -3.00. The molecule has 142 valence electrons. The summed E-state index contributed by atoms with van der Waals surface area (Å²) in [7, 11) is 0. The van der Waals surface area contributed by atoms with Crippen LogP contribution < -0.4 is 10.6 Å². The molecule has 1 aliphatic rings. The van der Waals surface area contributed by atoms with Gasteiger partial charge in [-0.15, -0.1) is 0 Å². The maximum absolute atomic E-state index is 3.61. The summed E-state index contributed by atoms with van der Waals surface area (Å²) in [5.41, 5.74) is 9.03. The Balaban J connectivity index is 1.43. The van der Waals surface area contributed by atoms with Gasteiger partial charge in [0.2, 0.25) is 0 Å². The summed E-state index contributed by atoms with van der Waals surface area (Å²) >= 11 is 0. The van der Waals surface area contributed by atoms with Gasteiger partial charge in [-0.3, -0.25) is 0 Å². The fourth-order valence-electron chi connectivity index (χ4n) is 3.91. The monoisotopic (exact) mass is 368 g/mol. The average molecular weight is 369 g/mol. The zero-order valence-corrected chi connectivity index (χ0v) is 16.9. The zero-order chi connectivity index (χ0) is 19.6. The molecule has 1 heterocycles. The Kier molecular flexibility index (Phi) is 4.95. The first-order valence-corrected chi connectivity index (χ1v) is 9.96. The van der Waals surface area contributed by atoms with Gasteiger partial charge in [0.15, 0.2) is 0 Å². The van der Waals surface area contributed by atoms with Gasteiger partial charge in [0.05, 0.1) is 5.54 Å². The molecular formula is C26H28N2. The Morgan fingerprint density at radius 2 is 1.54 bits per heavy atom. The number of nitrogens with one attached hydrogen (secondary N) is 2. The number of anilines is 2. The van der Waals surface area contributed by atoms with Gasteiger partial charge < -0.3 is 10.6 Å². The minimum Gasteiger partial charge on any atom is -0.381 e. The smallest absolute Gasteiger partial charge is 0.0505 e. The molecule has 0 radical (unpaired) electrons. The summed E-state index contributed by atoms with van der Waals surface area (Å²) in [6.07, 6.45) is 3.26. The number of hydrogen-bond donors (Lipinski definition) is 2. The van der Waals surface area contributed by atoms with E-state index in [-0.39, 0.29) is 5.54 Å². The Labute approximate surface area is 168 Å². The number of hydrogen-bond acceptors (Lipinski definition) is 2. The van der Waals surface area contributed by atoms with E-state index in [2.05, 4.69) is 104 Å². The second-order valence-corrected chi connectivity index (χ2v) is 8.27. The predicted octanol–water partition coefficient (Wildman–Crippen LogP) is 6.50. The van der Waals surface area contributed by atoms with Gasteiger partial charge in [0.25, 0.3) is 0 Å². The van der Waals surface area contributed by atoms with Crippen molar-refractivity contribution in [2.75, 3.05) is 10.6 Å². The van der Waals surface area contributed by atoms with Crippen LogP contribution in [-0.4, -0.2) is 5.54 Å². The van der Waals surface area contributed by atoms with E-state index in [0.29, 0.717) is 0 Å². The molecule has 2 heteroatoms. The highest BCUT2D eigenvalue weighted by atomic mass is 15.0. The molecule has 0 aliphatic carbocycles. The maximum Gasteiger partial charge on any atom is 0.0505 e. The predicted molar refractivity (Wildman–Crippen MR) is 121 cm³/mol. The van der Waals surface area contributed by atoms with Crippen molar-refractivity contribution in [2.45, 2.75) is 39.3 Å². The lowest BCUT2D eigenvalue weighted by molar-refractivity contribution is 0.707. The molecule has 2 N–H and O–H groups in total. The third-order valence-electron chi connectivity index (χ3n) is 5.24. The minimum absolute atomic E-state index is 0.0151. The molecule has 28 heavy (non-hydrogen) atoms. The van der Waals surface area contributed by atoms with Crippen LogP contribution in [0.2, 0.25) is 0 Å². The molecule has 2 nitrogen and oxygen atoms in total. The lowest BCUT2D eigenvalue weighted by atomic mass is 9.89. The van der Waals surface area contributed by atoms with Crippen LogP contribution >= 0.6 is 0 Å². The topological polar surface area (TPSA) is 24.1 Å². The summed E-state index contributed by atoms with van der Waals surface area (Å²) in [4.78, 5) is 0. The standard InChI is InChI=1S/C26H28N2/c1-19-17-26(2,3)28-25-14-11-22(16-24(19)25)15-20-9-12-23(13-10-20)27-18-21-7-5-4-6-8-21/h4-14,16-17,27-28H,15,18H2,1-3H3. The number of benzene rings is 3. The first-order chi connectivity index (χ1) is 13.5. The van der Waals surface area contributed by atoms with Crippen LogP contribution in [0.1, 0.15) is 43.0 Å². The highest BCUT2D eigenvalue weighted by Gasteiger charge is 2.22. The Bertz CT molecular complexity index is 983. The highest BCUT2D eigenvalue weighted by Crippen LogP contribution is 2.34. The average Bonchev–Trinajstić information content (AvgIpc) is 2.68. The maximum atomic E-state index is 3.61. The number of fused-ring (bicyclic) bond motifs is 1. The van der Waals surface area contributed by atoms with Gasteiger partial charge in [-0.1, -0.05) is 54.6 Å². The molecule has 3 aromatic carbocycles. The van der Waals surface area contributed by atoms with Gasteiger partial charge in [-0.25, -0.2) is 0 Å². The van der Waals surface area contributed by atoms with Crippen molar-refractivity contribution in [3.63, 3.8) is 0 Å². The van der Waals surface area contributed by atoms with E-state index in [4.69, 9.17) is 0 Å². The van der Waals surface area contributed by atoms with Gasteiger partial charge in [0, 0.05) is 23.5 Å². The molecule has 0 amide bonds.